The molecule has 3 N–H and O–H groups in total. The molecule has 0 spiro atoms. The number of aromatic nitrogens is 2. The largest absolute Gasteiger partial charge is 0.382 e. The van der Waals surface area contributed by atoms with Crippen LogP contribution in [0, 0.1) is 17.8 Å². The first-order valence-corrected chi connectivity index (χ1v) is 7.00. The van der Waals surface area contributed by atoms with Gasteiger partial charge in [0.1, 0.15) is 5.82 Å². The van der Waals surface area contributed by atoms with Crippen LogP contribution in [0.3, 0.4) is 0 Å². The van der Waals surface area contributed by atoms with E-state index in [1.54, 1.807) is 6.07 Å². The van der Waals surface area contributed by atoms with E-state index >= 15 is 0 Å². The highest BCUT2D eigenvalue weighted by atomic mass is 16.1. The zero-order chi connectivity index (χ0) is 12.3. The molecule has 1 heterocycles. The number of rotatable bonds is 1. The lowest BCUT2D eigenvalue weighted by molar-refractivity contribution is -0.00505. The summed E-state index contributed by atoms with van der Waals surface area (Å²) in [4.78, 5) is 11.6. The third-order valence-electron chi connectivity index (χ3n) is 5.45. The van der Waals surface area contributed by atoms with Crippen LogP contribution < -0.4 is 11.3 Å². The van der Waals surface area contributed by atoms with Crippen LogP contribution in [0.5, 0.6) is 0 Å². The van der Waals surface area contributed by atoms with Gasteiger partial charge in [-0.2, -0.15) is 5.10 Å². The maximum Gasteiger partial charge on any atom is 0.264 e. The number of nitrogen functional groups attached to an aromatic ring is 1. The van der Waals surface area contributed by atoms with E-state index in [9.17, 15) is 4.79 Å². The third kappa shape index (κ3) is 1.38. The smallest absolute Gasteiger partial charge is 0.264 e. The molecular weight excluding hydrogens is 226 g/mol. The Morgan fingerprint density at radius 1 is 1.17 bits per heavy atom. The van der Waals surface area contributed by atoms with Gasteiger partial charge in [-0.3, -0.25) is 4.79 Å². The molecule has 4 aliphatic carbocycles. The molecule has 0 amide bonds. The number of nitrogens with zero attached hydrogens (tertiary/aromatic N) is 1. The Hall–Kier alpha value is -1.32. The van der Waals surface area contributed by atoms with Crippen LogP contribution in [-0.2, 0) is 5.41 Å². The predicted molar refractivity (Wildman–Crippen MR) is 69.1 cm³/mol. The van der Waals surface area contributed by atoms with E-state index in [1.807, 2.05) is 0 Å². The number of hydrogen-bond acceptors (Lipinski definition) is 3. The summed E-state index contributed by atoms with van der Waals surface area (Å²) in [5.74, 6) is 3.11. The molecule has 4 fully saturated rings. The predicted octanol–water partition coefficient (Wildman–Crippen LogP) is 1.82. The Kier molecular flexibility index (Phi) is 1.98. The van der Waals surface area contributed by atoms with Gasteiger partial charge in [0, 0.05) is 11.6 Å². The van der Waals surface area contributed by atoms with Gasteiger partial charge in [-0.1, -0.05) is 0 Å². The summed E-state index contributed by atoms with van der Waals surface area (Å²) in [6.45, 7) is 0. The van der Waals surface area contributed by atoms with Crippen molar-refractivity contribution in [2.45, 2.75) is 43.9 Å². The van der Waals surface area contributed by atoms with Gasteiger partial charge < -0.3 is 5.73 Å². The quantitative estimate of drug-likeness (QED) is 0.792. The average molecular weight is 245 g/mol. The zero-order valence-corrected chi connectivity index (χ0v) is 10.5. The summed E-state index contributed by atoms with van der Waals surface area (Å²) in [7, 11) is 0. The first kappa shape index (κ1) is 10.6. The lowest BCUT2D eigenvalue weighted by atomic mass is 9.48. The van der Waals surface area contributed by atoms with E-state index in [0.717, 1.165) is 23.3 Å². The molecule has 0 radical (unpaired) electrons. The van der Waals surface area contributed by atoms with Crippen molar-refractivity contribution in [1.82, 2.24) is 10.2 Å². The molecule has 4 saturated carbocycles. The highest BCUT2D eigenvalue weighted by Gasteiger charge is 2.52. The van der Waals surface area contributed by atoms with Crippen LogP contribution in [0.4, 0.5) is 5.82 Å². The molecule has 0 saturated heterocycles. The number of H-pyrrole nitrogens is 1. The van der Waals surface area contributed by atoms with Crippen molar-refractivity contribution in [2.24, 2.45) is 17.8 Å². The zero-order valence-electron chi connectivity index (χ0n) is 10.5. The lowest BCUT2D eigenvalue weighted by Crippen LogP contribution is -2.49. The molecular formula is C14H19N3O. The molecule has 96 valence electrons. The second-order valence-corrected chi connectivity index (χ2v) is 6.73. The fourth-order valence-corrected chi connectivity index (χ4v) is 5.28. The van der Waals surface area contributed by atoms with E-state index in [1.165, 1.54) is 38.5 Å². The van der Waals surface area contributed by atoms with Gasteiger partial charge >= 0.3 is 0 Å². The summed E-state index contributed by atoms with van der Waals surface area (Å²) in [6.07, 6.45) is 7.85. The van der Waals surface area contributed by atoms with Crippen LogP contribution in [0.2, 0.25) is 0 Å². The minimum Gasteiger partial charge on any atom is -0.382 e. The molecule has 0 aliphatic heterocycles. The molecule has 4 bridgehead atoms. The van der Waals surface area contributed by atoms with Crippen molar-refractivity contribution < 1.29 is 0 Å². The van der Waals surface area contributed by atoms with E-state index in [0.29, 0.717) is 5.82 Å². The number of anilines is 1. The Bertz CT molecular complexity index is 513. The minimum absolute atomic E-state index is 0.116. The molecule has 4 aliphatic rings. The van der Waals surface area contributed by atoms with Crippen molar-refractivity contribution in [2.75, 3.05) is 5.73 Å². The average Bonchev–Trinajstić information content (AvgIpc) is 2.30. The first-order valence-electron chi connectivity index (χ1n) is 7.00. The Morgan fingerprint density at radius 3 is 2.28 bits per heavy atom. The van der Waals surface area contributed by atoms with Crippen LogP contribution in [0.1, 0.15) is 44.1 Å². The molecule has 5 rings (SSSR count). The number of aromatic amines is 1. The van der Waals surface area contributed by atoms with Crippen LogP contribution in [0.15, 0.2) is 10.9 Å². The van der Waals surface area contributed by atoms with Crippen molar-refractivity contribution in [3.63, 3.8) is 0 Å². The number of hydrogen-bond donors (Lipinski definition) is 2. The van der Waals surface area contributed by atoms with Crippen LogP contribution >= 0.6 is 0 Å². The molecule has 1 aromatic heterocycles. The fourth-order valence-electron chi connectivity index (χ4n) is 5.28. The van der Waals surface area contributed by atoms with Gasteiger partial charge in [-0.05, 0) is 61.7 Å². The van der Waals surface area contributed by atoms with E-state index in [2.05, 4.69) is 10.2 Å². The molecule has 0 aromatic carbocycles. The second-order valence-electron chi connectivity index (χ2n) is 6.73. The maximum absolute atomic E-state index is 11.6. The number of nitrogens with two attached hydrogens (primary N) is 1. The van der Waals surface area contributed by atoms with E-state index in [4.69, 9.17) is 5.73 Å². The summed E-state index contributed by atoms with van der Waals surface area (Å²) < 4.78 is 0. The van der Waals surface area contributed by atoms with Gasteiger partial charge in [0.05, 0.1) is 0 Å². The SMILES string of the molecule is Nc1n[nH]c(=O)cc1C12CC3CC(CC(C3)C1)C2. The van der Waals surface area contributed by atoms with Crippen LogP contribution in [0.25, 0.3) is 0 Å². The lowest BCUT2D eigenvalue weighted by Gasteiger charge is -2.57. The van der Waals surface area contributed by atoms with Crippen molar-refractivity contribution in [3.8, 4) is 0 Å². The van der Waals surface area contributed by atoms with Gasteiger partial charge in [0.2, 0.25) is 0 Å². The van der Waals surface area contributed by atoms with Crippen LogP contribution in [-0.4, -0.2) is 10.2 Å². The molecule has 4 nitrogen and oxygen atoms in total. The maximum atomic E-state index is 11.6. The molecule has 0 atom stereocenters. The third-order valence-corrected chi connectivity index (χ3v) is 5.45. The second kappa shape index (κ2) is 3.37. The van der Waals surface area contributed by atoms with E-state index < -0.39 is 0 Å². The minimum atomic E-state index is -0.116. The topological polar surface area (TPSA) is 71.8 Å². The Balaban J connectivity index is 1.83. The molecule has 18 heavy (non-hydrogen) atoms. The van der Waals surface area contributed by atoms with Gasteiger partial charge in [-0.25, -0.2) is 5.10 Å². The van der Waals surface area contributed by atoms with Gasteiger partial charge in [0.15, 0.2) is 0 Å². The Morgan fingerprint density at radius 2 is 1.72 bits per heavy atom. The molecule has 0 unspecified atom stereocenters. The normalized spacial score (nSPS) is 41.2. The first-order chi connectivity index (χ1) is 8.64. The highest BCUT2D eigenvalue weighted by Crippen LogP contribution is 2.61. The monoisotopic (exact) mass is 245 g/mol. The standard InChI is InChI=1S/C14H19N3O/c15-13-11(4-12(18)16-17-13)14-5-8-1-9(6-14)3-10(2-8)7-14/h4,8-10H,1-3,5-7H2,(H2,15,17)(H,16,18). The Labute approximate surface area is 106 Å². The number of nitrogens with one attached hydrogen (secondary N) is 1. The van der Waals surface area contributed by atoms with Gasteiger partial charge in [0.25, 0.3) is 5.56 Å². The van der Waals surface area contributed by atoms with E-state index in [-0.39, 0.29) is 11.0 Å². The summed E-state index contributed by atoms with van der Waals surface area (Å²) >= 11 is 0. The summed E-state index contributed by atoms with van der Waals surface area (Å²) in [6, 6.07) is 1.70. The molecule has 1 aromatic rings. The summed E-state index contributed by atoms with van der Waals surface area (Å²) in [5, 5.41) is 6.42. The highest BCUT2D eigenvalue weighted by molar-refractivity contribution is 5.44. The molecule has 4 heteroatoms. The van der Waals surface area contributed by atoms with Crippen molar-refractivity contribution in [1.29, 1.82) is 0 Å². The van der Waals surface area contributed by atoms with Crippen molar-refractivity contribution >= 4 is 5.82 Å². The summed E-state index contributed by atoms with van der Waals surface area (Å²) in [5.41, 5.74) is 7.11. The van der Waals surface area contributed by atoms with Crippen molar-refractivity contribution in [3.05, 3.63) is 22.0 Å². The van der Waals surface area contributed by atoms with Gasteiger partial charge in [-0.15, -0.1) is 0 Å². The fraction of sp³-hybridized carbons (Fsp3) is 0.714.